The van der Waals surface area contributed by atoms with Gasteiger partial charge in [-0.05, 0) is 24.8 Å². The molecule has 124 valence electrons. The molecule has 2 atom stereocenters. The molecule has 2 unspecified atom stereocenters. The van der Waals surface area contributed by atoms with Crippen molar-refractivity contribution in [3.05, 3.63) is 35.9 Å². The summed E-state index contributed by atoms with van der Waals surface area (Å²) in [6, 6.07) is 9.26. The molecule has 1 aromatic rings. The van der Waals surface area contributed by atoms with Gasteiger partial charge >= 0.3 is 0 Å². The molecule has 6 heteroatoms. The third kappa shape index (κ3) is 5.54. The van der Waals surface area contributed by atoms with Crippen LogP contribution >= 0.6 is 12.4 Å². The van der Waals surface area contributed by atoms with Crippen LogP contribution < -0.4 is 5.73 Å². The molecule has 1 aromatic carbocycles. The molecule has 0 bridgehead atoms. The van der Waals surface area contributed by atoms with E-state index >= 15 is 0 Å². The summed E-state index contributed by atoms with van der Waals surface area (Å²) in [4.78, 5) is 13.8. The van der Waals surface area contributed by atoms with E-state index in [1.54, 1.807) is 0 Å². The summed E-state index contributed by atoms with van der Waals surface area (Å²) in [5, 5.41) is 0. The molecule has 1 aliphatic carbocycles. The fourth-order valence-electron chi connectivity index (χ4n) is 2.91. The molecule has 3 nitrogen and oxygen atoms in total. The third-order valence-corrected chi connectivity index (χ3v) is 3.95. The maximum absolute atomic E-state index is 12.8. The molecule has 0 radical (unpaired) electrons. The summed E-state index contributed by atoms with van der Waals surface area (Å²) in [6.07, 6.45) is 0.645. The summed E-state index contributed by atoms with van der Waals surface area (Å²) in [5.41, 5.74) is 6.77. The van der Waals surface area contributed by atoms with Crippen molar-refractivity contribution in [2.45, 2.75) is 44.7 Å². The van der Waals surface area contributed by atoms with E-state index in [1.807, 2.05) is 30.3 Å². The maximum atomic E-state index is 12.8. The minimum atomic E-state index is -2.52. The third-order valence-electron chi connectivity index (χ3n) is 3.95. The number of halogens is 3. The van der Waals surface area contributed by atoms with E-state index in [0.29, 0.717) is 6.42 Å². The van der Waals surface area contributed by atoms with E-state index in [2.05, 4.69) is 0 Å². The van der Waals surface area contributed by atoms with Crippen LogP contribution in [0.4, 0.5) is 8.78 Å². The number of nitrogens with zero attached hydrogens (tertiary/aromatic N) is 1. The molecular formula is C16H23ClF2N2O. The second-order valence-corrected chi connectivity index (χ2v) is 5.72. The zero-order chi connectivity index (χ0) is 15.2. The topological polar surface area (TPSA) is 46.3 Å². The molecule has 1 amide bonds. The van der Waals surface area contributed by atoms with Crippen LogP contribution in [0.1, 0.15) is 31.2 Å². The van der Waals surface area contributed by atoms with Gasteiger partial charge in [-0.3, -0.25) is 4.79 Å². The van der Waals surface area contributed by atoms with Gasteiger partial charge in [-0.1, -0.05) is 36.8 Å². The summed E-state index contributed by atoms with van der Waals surface area (Å²) >= 11 is 0. The molecule has 0 aromatic heterocycles. The van der Waals surface area contributed by atoms with E-state index in [0.717, 1.165) is 24.8 Å². The predicted molar refractivity (Wildman–Crippen MR) is 85.0 cm³/mol. The quantitative estimate of drug-likeness (QED) is 0.900. The molecule has 1 saturated carbocycles. The average Bonchev–Trinajstić information content (AvgIpc) is 2.46. The van der Waals surface area contributed by atoms with Crippen molar-refractivity contribution in [3.8, 4) is 0 Å². The van der Waals surface area contributed by atoms with E-state index in [4.69, 9.17) is 5.73 Å². The Labute approximate surface area is 136 Å². The monoisotopic (exact) mass is 332 g/mol. The van der Waals surface area contributed by atoms with Crippen molar-refractivity contribution in [2.24, 2.45) is 11.7 Å². The Bertz CT molecular complexity index is 459. The molecule has 22 heavy (non-hydrogen) atoms. The zero-order valence-corrected chi connectivity index (χ0v) is 13.3. The first-order valence-corrected chi connectivity index (χ1v) is 7.42. The Morgan fingerprint density at radius 1 is 1.27 bits per heavy atom. The number of rotatable bonds is 5. The molecule has 0 saturated heterocycles. The number of hydrogen-bond acceptors (Lipinski definition) is 2. The van der Waals surface area contributed by atoms with Crippen LogP contribution in [0.25, 0.3) is 0 Å². The van der Waals surface area contributed by atoms with Crippen molar-refractivity contribution in [1.29, 1.82) is 0 Å². The molecule has 0 aliphatic heterocycles. The van der Waals surface area contributed by atoms with Crippen LogP contribution in [0.5, 0.6) is 0 Å². The SMILES string of the molecule is Cl.NC1CCCC(C(=O)N(Cc2ccccc2)CC(F)F)C1. The molecule has 1 fully saturated rings. The largest absolute Gasteiger partial charge is 0.332 e. The highest BCUT2D eigenvalue weighted by atomic mass is 35.5. The Morgan fingerprint density at radius 3 is 2.55 bits per heavy atom. The van der Waals surface area contributed by atoms with Gasteiger partial charge in [0.25, 0.3) is 6.43 Å². The lowest BCUT2D eigenvalue weighted by Gasteiger charge is -2.31. The van der Waals surface area contributed by atoms with Crippen molar-refractivity contribution < 1.29 is 13.6 Å². The lowest BCUT2D eigenvalue weighted by Crippen LogP contribution is -2.42. The Balaban J connectivity index is 0.00000242. The summed E-state index contributed by atoms with van der Waals surface area (Å²) in [7, 11) is 0. The first kappa shape index (κ1) is 18.8. The Hall–Kier alpha value is -1.20. The molecule has 2 N–H and O–H groups in total. The zero-order valence-electron chi connectivity index (χ0n) is 12.5. The van der Waals surface area contributed by atoms with Crippen molar-refractivity contribution in [1.82, 2.24) is 4.90 Å². The Kier molecular flexibility index (Phi) is 7.76. The van der Waals surface area contributed by atoms with E-state index in [1.165, 1.54) is 4.90 Å². The highest BCUT2D eigenvalue weighted by Gasteiger charge is 2.30. The van der Waals surface area contributed by atoms with Crippen LogP contribution in [-0.2, 0) is 11.3 Å². The number of alkyl halides is 2. The highest BCUT2D eigenvalue weighted by molar-refractivity contribution is 5.85. The first-order valence-electron chi connectivity index (χ1n) is 7.42. The van der Waals surface area contributed by atoms with Gasteiger partial charge in [-0.15, -0.1) is 12.4 Å². The van der Waals surface area contributed by atoms with Crippen LogP contribution in [0.3, 0.4) is 0 Å². The normalized spacial score (nSPS) is 21.3. The lowest BCUT2D eigenvalue weighted by molar-refractivity contribution is -0.139. The molecule has 1 aliphatic rings. The fourth-order valence-corrected chi connectivity index (χ4v) is 2.91. The van der Waals surface area contributed by atoms with Gasteiger partial charge in [-0.2, -0.15) is 0 Å². The second-order valence-electron chi connectivity index (χ2n) is 5.72. The van der Waals surface area contributed by atoms with Gasteiger partial charge in [0.1, 0.15) is 0 Å². The smallest absolute Gasteiger partial charge is 0.255 e. The van der Waals surface area contributed by atoms with E-state index < -0.39 is 13.0 Å². The van der Waals surface area contributed by atoms with Crippen LogP contribution in [0.15, 0.2) is 30.3 Å². The van der Waals surface area contributed by atoms with Gasteiger partial charge in [0.05, 0.1) is 6.54 Å². The molecule has 0 spiro atoms. The number of hydrogen-bond donors (Lipinski definition) is 1. The summed E-state index contributed by atoms with van der Waals surface area (Å²) in [6.45, 7) is -0.283. The molecule has 2 rings (SSSR count). The van der Waals surface area contributed by atoms with Crippen molar-refractivity contribution in [3.63, 3.8) is 0 Å². The number of carbonyl (C=O) groups is 1. The molecule has 0 heterocycles. The standard InChI is InChI=1S/C16H22F2N2O.ClH/c17-15(18)11-20(10-12-5-2-1-3-6-12)16(21)13-7-4-8-14(19)9-13;/h1-3,5-6,13-15H,4,7-11,19H2;1H. The van der Waals surface area contributed by atoms with Gasteiger partial charge < -0.3 is 10.6 Å². The number of nitrogens with two attached hydrogens (primary N) is 1. The van der Waals surface area contributed by atoms with Gasteiger partial charge in [0.15, 0.2) is 0 Å². The number of benzene rings is 1. The fraction of sp³-hybridized carbons (Fsp3) is 0.562. The lowest BCUT2D eigenvalue weighted by atomic mass is 9.85. The summed E-state index contributed by atoms with van der Waals surface area (Å²) < 4.78 is 25.5. The minimum absolute atomic E-state index is 0. The Morgan fingerprint density at radius 2 is 1.95 bits per heavy atom. The minimum Gasteiger partial charge on any atom is -0.332 e. The van der Waals surface area contributed by atoms with Gasteiger partial charge in [-0.25, -0.2) is 8.78 Å². The van der Waals surface area contributed by atoms with E-state index in [-0.39, 0.29) is 36.8 Å². The van der Waals surface area contributed by atoms with Crippen molar-refractivity contribution >= 4 is 18.3 Å². The predicted octanol–water partition coefficient (Wildman–Crippen LogP) is 3.22. The summed E-state index contributed by atoms with van der Waals surface area (Å²) in [5.74, 6) is -0.398. The van der Waals surface area contributed by atoms with Crippen molar-refractivity contribution in [2.75, 3.05) is 6.54 Å². The maximum Gasteiger partial charge on any atom is 0.255 e. The number of amides is 1. The number of carbonyl (C=O) groups excluding carboxylic acids is 1. The molecular weight excluding hydrogens is 310 g/mol. The van der Waals surface area contributed by atoms with Crippen LogP contribution in [0, 0.1) is 5.92 Å². The highest BCUT2D eigenvalue weighted by Crippen LogP contribution is 2.26. The average molecular weight is 333 g/mol. The van der Waals surface area contributed by atoms with Gasteiger partial charge in [0.2, 0.25) is 5.91 Å². The second kappa shape index (κ2) is 9.06. The van der Waals surface area contributed by atoms with Crippen LogP contribution in [0.2, 0.25) is 0 Å². The van der Waals surface area contributed by atoms with E-state index in [9.17, 15) is 13.6 Å². The van der Waals surface area contributed by atoms with Gasteiger partial charge in [0, 0.05) is 18.5 Å². The first-order chi connectivity index (χ1) is 10.1. The van der Waals surface area contributed by atoms with Crippen LogP contribution in [-0.4, -0.2) is 29.8 Å².